The summed E-state index contributed by atoms with van der Waals surface area (Å²) >= 11 is 0. The fourth-order valence-electron chi connectivity index (χ4n) is 5.17. The molecule has 1 aliphatic rings. The lowest BCUT2D eigenvalue weighted by Crippen LogP contribution is -2.53. The highest BCUT2D eigenvalue weighted by Gasteiger charge is 2.33. The first kappa shape index (κ1) is 31.1. The number of carbonyl (C=O) groups excluding carboxylic acids is 2. The van der Waals surface area contributed by atoms with Gasteiger partial charge in [0.15, 0.2) is 0 Å². The van der Waals surface area contributed by atoms with Gasteiger partial charge in [0.2, 0.25) is 11.8 Å². The highest BCUT2D eigenvalue weighted by atomic mass is 32.2. The monoisotopic (exact) mass is 591 g/mol. The van der Waals surface area contributed by atoms with Crippen LogP contribution < -0.4 is 14.4 Å². The maximum absolute atomic E-state index is 14.1. The molecule has 4 rings (SSSR count). The molecule has 0 heterocycles. The number of amides is 2. The van der Waals surface area contributed by atoms with E-state index in [1.54, 1.807) is 49.4 Å². The molecular weight excluding hydrogens is 550 g/mol. The summed E-state index contributed by atoms with van der Waals surface area (Å²) in [6.45, 7) is 5.71. The van der Waals surface area contributed by atoms with Crippen LogP contribution in [0.25, 0.3) is 0 Å². The molecule has 3 aromatic carbocycles. The fourth-order valence-corrected chi connectivity index (χ4v) is 6.58. The number of nitrogens with one attached hydrogen (secondary N) is 1. The van der Waals surface area contributed by atoms with Crippen LogP contribution in [0.2, 0.25) is 0 Å². The van der Waals surface area contributed by atoms with E-state index in [0.29, 0.717) is 18.0 Å². The summed E-state index contributed by atoms with van der Waals surface area (Å²) in [5.74, 6) is -0.149. The lowest BCUT2D eigenvalue weighted by molar-refractivity contribution is -0.139. The van der Waals surface area contributed by atoms with Crippen molar-refractivity contribution in [2.75, 3.05) is 17.5 Å². The molecule has 1 fully saturated rings. The highest BCUT2D eigenvalue weighted by molar-refractivity contribution is 7.92. The zero-order valence-corrected chi connectivity index (χ0v) is 25.5. The Hall–Kier alpha value is -3.85. The largest absolute Gasteiger partial charge is 0.494 e. The van der Waals surface area contributed by atoms with Gasteiger partial charge in [-0.05, 0) is 75.6 Å². The summed E-state index contributed by atoms with van der Waals surface area (Å²) in [5.41, 5.74) is 2.29. The number of benzene rings is 3. The molecule has 0 spiro atoms. The summed E-state index contributed by atoms with van der Waals surface area (Å²) in [5, 5.41) is 3.13. The Labute approximate surface area is 249 Å². The van der Waals surface area contributed by atoms with Gasteiger partial charge in [-0.1, -0.05) is 67.3 Å². The molecule has 0 bridgehead atoms. The average molecular weight is 592 g/mol. The maximum Gasteiger partial charge on any atom is 0.264 e. The molecule has 8 nitrogen and oxygen atoms in total. The molecule has 1 unspecified atom stereocenters. The predicted octanol–water partition coefficient (Wildman–Crippen LogP) is 5.46. The van der Waals surface area contributed by atoms with Gasteiger partial charge in [0.05, 0.1) is 17.2 Å². The van der Waals surface area contributed by atoms with E-state index in [4.69, 9.17) is 4.74 Å². The number of carbonyl (C=O) groups is 2. The van der Waals surface area contributed by atoms with Crippen LogP contribution in [0.3, 0.4) is 0 Å². The third-order valence-corrected chi connectivity index (χ3v) is 9.43. The Morgan fingerprint density at radius 2 is 1.57 bits per heavy atom. The molecule has 42 heavy (non-hydrogen) atoms. The normalized spacial score (nSPS) is 14.5. The molecule has 224 valence electrons. The van der Waals surface area contributed by atoms with Crippen LogP contribution in [0.5, 0.6) is 5.75 Å². The van der Waals surface area contributed by atoms with E-state index in [1.165, 1.54) is 17.0 Å². The molecule has 1 N–H and O–H groups in total. The summed E-state index contributed by atoms with van der Waals surface area (Å²) in [6, 6.07) is 21.8. The van der Waals surface area contributed by atoms with Gasteiger partial charge in [0.25, 0.3) is 10.0 Å². The minimum Gasteiger partial charge on any atom is -0.494 e. The van der Waals surface area contributed by atoms with E-state index in [0.717, 1.165) is 47.5 Å². The number of hydrogen-bond acceptors (Lipinski definition) is 5. The molecule has 1 aliphatic carbocycles. The minimum absolute atomic E-state index is 0.0378. The van der Waals surface area contributed by atoms with E-state index in [9.17, 15) is 18.0 Å². The van der Waals surface area contributed by atoms with E-state index in [-0.39, 0.29) is 23.4 Å². The minimum atomic E-state index is -4.13. The first-order chi connectivity index (χ1) is 20.2. The van der Waals surface area contributed by atoms with Crippen LogP contribution in [-0.2, 0) is 26.2 Å². The van der Waals surface area contributed by atoms with Crippen molar-refractivity contribution in [2.24, 2.45) is 0 Å². The van der Waals surface area contributed by atoms with E-state index in [1.807, 2.05) is 38.1 Å². The van der Waals surface area contributed by atoms with Crippen molar-refractivity contribution in [1.82, 2.24) is 10.2 Å². The average Bonchev–Trinajstić information content (AvgIpc) is 3.00. The Morgan fingerprint density at radius 1 is 0.929 bits per heavy atom. The molecule has 9 heteroatoms. The Morgan fingerprint density at radius 3 is 2.19 bits per heavy atom. The summed E-state index contributed by atoms with van der Waals surface area (Å²) in [4.78, 5) is 29.0. The zero-order valence-electron chi connectivity index (χ0n) is 24.7. The zero-order chi connectivity index (χ0) is 30.1. The van der Waals surface area contributed by atoms with Crippen molar-refractivity contribution in [3.63, 3.8) is 0 Å². The number of rotatable bonds is 12. The second-order valence-corrected chi connectivity index (χ2v) is 12.6. The smallest absolute Gasteiger partial charge is 0.264 e. The number of anilines is 1. The number of ether oxygens (including phenoxy) is 1. The topological polar surface area (TPSA) is 96.0 Å². The Kier molecular flexibility index (Phi) is 10.6. The van der Waals surface area contributed by atoms with Gasteiger partial charge in [-0.3, -0.25) is 13.9 Å². The van der Waals surface area contributed by atoms with E-state index in [2.05, 4.69) is 5.32 Å². The number of sulfonamides is 1. The lowest BCUT2D eigenvalue weighted by Gasteiger charge is -2.33. The molecule has 0 saturated heterocycles. The molecular formula is C33H41N3O5S. The highest BCUT2D eigenvalue weighted by Crippen LogP contribution is 2.26. The summed E-state index contributed by atoms with van der Waals surface area (Å²) < 4.78 is 34.5. The maximum atomic E-state index is 14.1. The molecule has 1 saturated carbocycles. The van der Waals surface area contributed by atoms with Crippen molar-refractivity contribution in [2.45, 2.75) is 76.4 Å². The SMILES string of the molecule is CCOc1ccc(S(=O)(=O)N(CC(=O)N(Cc2ccc(C)cc2)C(C)C(=O)NC2CCCCC2)c2ccccc2)cc1. The number of para-hydroxylation sites is 1. The van der Waals surface area contributed by atoms with Crippen molar-refractivity contribution in [3.05, 3.63) is 90.0 Å². The van der Waals surface area contributed by atoms with Crippen molar-refractivity contribution in [3.8, 4) is 5.75 Å². The third kappa shape index (κ3) is 7.91. The van der Waals surface area contributed by atoms with Gasteiger partial charge in [0, 0.05) is 12.6 Å². The number of hydrogen-bond donors (Lipinski definition) is 1. The van der Waals surface area contributed by atoms with Gasteiger partial charge < -0.3 is 15.0 Å². The third-order valence-electron chi connectivity index (χ3n) is 7.64. The first-order valence-corrected chi connectivity index (χ1v) is 16.1. The predicted molar refractivity (Wildman–Crippen MR) is 165 cm³/mol. The van der Waals surface area contributed by atoms with Crippen LogP contribution in [-0.4, -0.2) is 50.4 Å². The fraction of sp³-hybridized carbons (Fsp3) is 0.394. The van der Waals surface area contributed by atoms with Crippen LogP contribution in [0.4, 0.5) is 5.69 Å². The van der Waals surface area contributed by atoms with Gasteiger partial charge in [-0.2, -0.15) is 0 Å². The molecule has 3 aromatic rings. The number of aryl methyl sites for hydroxylation is 1. The Balaban J connectivity index is 1.64. The quantitative estimate of drug-likeness (QED) is 0.302. The van der Waals surface area contributed by atoms with Crippen LogP contribution in [0.15, 0.2) is 83.8 Å². The van der Waals surface area contributed by atoms with Gasteiger partial charge in [-0.15, -0.1) is 0 Å². The van der Waals surface area contributed by atoms with E-state index >= 15 is 0 Å². The summed E-state index contributed by atoms with van der Waals surface area (Å²) in [7, 11) is -4.13. The Bertz CT molecular complexity index is 1420. The number of nitrogens with zero attached hydrogens (tertiary/aromatic N) is 2. The van der Waals surface area contributed by atoms with Crippen LogP contribution in [0, 0.1) is 6.92 Å². The van der Waals surface area contributed by atoms with Gasteiger partial charge >= 0.3 is 0 Å². The van der Waals surface area contributed by atoms with Gasteiger partial charge in [-0.25, -0.2) is 8.42 Å². The van der Waals surface area contributed by atoms with Crippen LogP contribution >= 0.6 is 0 Å². The van der Waals surface area contributed by atoms with Gasteiger partial charge in [0.1, 0.15) is 18.3 Å². The molecule has 0 aliphatic heterocycles. The first-order valence-electron chi connectivity index (χ1n) is 14.6. The second-order valence-electron chi connectivity index (χ2n) is 10.8. The standard InChI is InChI=1S/C33H41N3O5S/c1-4-41-30-19-21-31(22-20-30)42(39,40)36(29-13-9-6-10-14-29)24-32(37)35(23-27-17-15-25(2)16-18-27)26(3)33(38)34-28-11-7-5-8-12-28/h6,9-10,13-22,26,28H,4-5,7-8,11-12,23-24H2,1-3H3,(H,34,38). The molecule has 0 aromatic heterocycles. The van der Waals surface area contributed by atoms with Crippen LogP contribution in [0.1, 0.15) is 57.1 Å². The van der Waals surface area contributed by atoms with Crippen molar-refractivity contribution < 1.29 is 22.7 Å². The van der Waals surface area contributed by atoms with Crippen molar-refractivity contribution in [1.29, 1.82) is 0 Å². The molecule has 1 atom stereocenters. The van der Waals surface area contributed by atoms with E-state index < -0.39 is 28.5 Å². The van der Waals surface area contributed by atoms with Crippen molar-refractivity contribution >= 4 is 27.5 Å². The second kappa shape index (κ2) is 14.4. The molecule has 0 radical (unpaired) electrons. The molecule has 2 amide bonds. The lowest BCUT2D eigenvalue weighted by atomic mass is 9.95. The summed E-state index contributed by atoms with van der Waals surface area (Å²) in [6.07, 6.45) is 5.15.